The Morgan fingerprint density at radius 2 is 2.17 bits per heavy atom. The first kappa shape index (κ1) is 14.0. The summed E-state index contributed by atoms with van der Waals surface area (Å²) in [6, 6.07) is 5.30. The van der Waals surface area contributed by atoms with Crippen LogP contribution >= 0.6 is 11.3 Å². The molecule has 0 aromatic carbocycles. The Bertz CT molecular complexity index is 336. The second-order valence-electron chi connectivity index (χ2n) is 5.69. The van der Waals surface area contributed by atoms with Crippen molar-refractivity contribution in [1.29, 1.82) is 0 Å². The lowest BCUT2D eigenvalue weighted by Crippen LogP contribution is -2.38. The topological polar surface area (TPSA) is 29.3 Å². The van der Waals surface area contributed by atoms with Crippen molar-refractivity contribution in [2.45, 2.75) is 51.1 Å². The molecule has 2 nitrogen and oxygen atoms in total. The second-order valence-corrected chi connectivity index (χ2v) is 6.67. The molecule has 3 heteroatoms. The van der Waals surface area contributed by atoms with Gasteiger partial charge in [0.15, 0.2) is 0 Å². The number of nitrogens with two attached hydrogens (primary N) is 1. The van der Waals surface area contributed by atoms with E-state index in [1.54, 1.807) is 0 Å². The number of thiophene rings is 1. The minimum atomic E-state index is 0.408. The van der Waals surface area contributed by atoms with Crippen molar-refractivity contribution in [3.8, 4) is 0 Å². The van der Waals surface area contributed by atoms with Crippen molar-refractivity contribution in [2.75, 3.05) is 13.6 Å². The van der Waals surface area contributed by atoms with Gasteiger partial charge in [0.05, 0.1) is 0 Å². The Hall–Kier alpha value is -0.380. The van der Waals surface area contributed by atoms with Crippen molar-refractivity contribution in [2.24, 2.45) is 11.7 Å². The van der Waals surface area contributed by atoms with Crippen LogP contribution < -0.4 is 5.73 Å². The molecule has 0 spiro atoms. The van der Waals surface area contributed by atoms with Crippen LogP contribution in [0, 0.1) is 5.92 Å². The Morgan fingerprint density at radius 1 is 1.39 bits per heavy atom. The third kappa shape index (κ3) is 3.56. The zero-order valence-corrected chi connectivity index (χ0v) is 12.5. The average molecular weight is 266 g/mol. The van der Waals surface area contributed by atoms with Crippen molar-refractivity contribution in [1.82, 2.24) is 4.90 Å². The smallest absolute Gasteiger partial charge is 0.0410 e. The lowest BCUT2D eigenvalue weighted by molar-refractivity contribution is 0.199. The number of rotatable bonds is 4. The fraction of sp³-hybridized carbons (Fsp3) is 0.733. The van der Waals surface area contributed by atoms with Gasteiger partial charge < -0.3 is 5.73 Å². The molecule has 0 saturated heterocycles. The van der Waals surface area contributed by atoms with Crippen LogP contribution in [-0.4, -0.2) is 24.5 Å². The zero-order valence-electron chi connectivity index (χ0n) is 11.6. The second kappa shape index (κ2) is 6.69. The van der Waals surface area contributed by atoms with Crippen LogP contribution in [0.1, 0.15) is 49.9 Å². The van der Waals surface area contributed by atoms with E-state index in [1.165, 1.54) is 37.0 Å². The highest BCUT2D eigenvalue weighted by atomic mass is 32.1. The summed E-state index contributed by atoms with van der Waals surface area (Å²) >= 11 is 1.85. The molecule has 1 saturated carbocycles. The van der Waals surface area contributed by atoms with Crippen LogP contribution in [0.2, 0.25) is 0 Å². The molecule has 3 unspecified atom stereocenters. The van der Waals surface area contributed by atoms with E-state index in [1.807, 2.05) is 11.3 Å². The summed E-state index contributed by atoms with van der Waals surface area (Å²) in [6.07, 6.45) is 6.57. The predicted octanol–water partition coefficient (Wildman–Crippen LogP) is 3.65. The van der Waals surface area contributed by atoms with Gasteiger partial charge in [0.1, 0.15) is 0 Å². The van der Waals surface area contributed by atoms with Gasteiger partial charge in [-0.15, -0.1) is 11.3 Å². The summed E-state index contributed by atoms with van der Waals surface area (Å²) in [5, 5.41) is 2.16. The van der Waals surface area contributed by atoms with Crippen molar-refractivity contribution >= 4 is 11.3 Å². The maximum Gasteiger partial charge on any atom is 0.0410 e. The molecule has 1 aromatic heterocycles. The molecule has 2 N–H and O–H groups in total. The van der Waals surface area contributed by atoms with Crippen LogP contribution in [0.3, 0.4) is 0 Å². The Labute approximate surface area is 115 Å². The first-order valence-corrected chi connectivity index (χ1v) is 8.05. The number of hydrogen-bond acceptors (Lipinski definition) is 3. The lowest BCUT2D eigenvalue weighted by Gasteiger charge is -2.30. The molecule has 1 heterocycles. The molecular formula is C15H26N2S. The largest absolute Gasteiger partial charge is 0.327 e. The van der Waals surface area contributed by atoms with E-state index in [9.17, 15) is 0 Å². The predicted molar refractivity (Wildman–Crippen MR) is 79.9 cm³/mol. The van der Waals surface area contributed by atoms with Crippen molar-refractivity contribution < 1.29 is 0 Å². The molecule has 1 aliphatic rings. The van der Waals surface area contributed by atoms with Gasteiger partial charge in [-0.3, -0.25) is 4.90 Å². The van der Waals surface area contributed by atoms with Crippen molar-refractivity contribution in [3.05, 3.63) is 22.4 Å². The van der Waals surface area contributed by atoms with Gasteiger partial charge in [0.2, 0.25) is 0 Å². The third-order valence-corrected chi connectivity index (χ3v) is 5.40. The van der Waals surface area contributed by atoms with Gasteiger partial charge >= 0.3 is 0 Å². The molecule has 0 aliphatic heterocycles. The SMILES string of the molecule is CC(c1cccs1)N(C)CC1CCCCCC1N. The molecule has 0 amide bonds. The molecule has 0 radical (unpaired) electrons. The molecule has 1 aromatic rings. The van der Waals surface area contributed by atoms with E-state index in [-0.39, 0.29) is 0 Å². The third-order valence-electron chi connectivity index (χ3n) is 4.36. The fourth-order valence-corrected chi connectivity index (χ4v) is 3.76. The molecule has 102 valence electrons. The molecule has 1 aliphatic carbocycles. The summed E-state index contributed by atoms with van der Waals surface area (Å²) in [4.78, 5) is 3.93. The van der Waals surface area contributed by atoms with Gasteiger partial charge in [0, 0.05) is 23.5 Å². The summed E-state index contributed by atoms with van der Waals surface area (Å²) < 4.78 is 0. The quantitative estimate of drug-likeness (QED) is 0.843. The zero-order chi connectivity index (χ0) is 13.0. The van der Waals surface area contributed by atoms with Crippen LogP contribution in [-0.2, 0) is 0 Å². The lowest BCUT2D eigenvalue weighted by atomic mass is 9.94. The van der Waals surface area contributed by atoms with E-state index in [2.05, 4.69) is 36.4 Å². The number of nitrogens with zero attached hydrogens (tertiary/aromatic N) is 1. The van der Waals surface area contributed by atoms with Gasteiger partial charge in [-0.05, 0) is 44.2 Å². The van der Waals surface area contributed by atoms with E-state index in [4.69, 9.17) is 5.73 Å². The Balaban J connectivity index is 1.91. The summed E-state index contributed by atoms with van der Waals surface area (Å²) in [5.41, 5.74) is 6.32. The standard InChI is InChI=1S/C15H26N2S/c1-12(15-9-6-10-18-15)17(2)11-13-7-4-3-5-8-14(13)16/h6,9-10,12-14H,3-5,7-8,11,16H2,1-2H3. The monoisotopic (exact) mass is 266 g/mol. The average Bonchev–Trinajstić information content (AvgIpc) is 2.82. The highest BCUT2D eigenvalue weighted by molar-refractivity contribution is 7.10. The van der Waals surface area contributed by atoms with Crippen LogP contribution in [0.4, 0.5) is 0 Å². The van der Waals surface area contributed by atoms with E-state index < -0.39 is 0 Å². The minimum Gasteiger partial charge on any atom is -0.327 e. The summed E-state index contributed by atoms with van der Waals surface area (Å²) in [7, 11) is 2.24. The fourth-order valence-electron chi connectivity index (χ4n) is 2.91. The molecule has 3 atom stereocenters. The van der Waals surface area contributed by atoms with Gasteiger partial charge in [0.25, 0.3) is 0 Å². The molecule has 1 fully saturated rings. The van der Waals surface area contributed by atoms with Gasteiger partial charge in [-0.1, -0.05) is 25.3 Å². The molecular weight excluding hydrogens is 240 g/mol. The minimum absolute atomic E-state index is 0.408. The first-order chi connectivity index (χ1) is 8.68. The molecule has 0 bridgehead atoms. The summed E-state index contributed by atoms with van der Waals surface area (Å²) in [5.74, 6) is 0.680. The number of hydrogen-bond donors (Lipinski definition) is 1. The van der Waals surface area contributed by atoms with Crippen molar-refractivity contribution in [3.63, 3.8) is 0 Å². The van der Waals surface area contributed by atoms with E-state index in [0.717, 1.165) is 6.54 Å². The van der Waals surface area contributed by atoms with E-state index in [0.29, 0.717) is 18.0 Å². The molecule has 2 rings (SSSR count). The van der Waals surface area contributed by atoms with Gasteiger partial charge in [-0.2, -0.15) is 0 Å². The highest BCUT2D eigenvalue weighted by Crippen LogP contribution is 2.27. The van der Waals surface area contributed by atoms with Gasteiger partial charge in [-0.25, -0.2) is 0 Å². The van der Waals surface area contributed by atoms with Crippen LogP contribution in [0.15, 0.2) is 17.5 Å². The highest BCUT2D eigenvalue weighted by Gasteiger charge is 2.23. The van der Waals surface area contributed by atoms with E-state index >= 15 is 0 Å². The van der Waals surface area contributed by atoms with Crippen LogP contribution in [0.25, 0.3) is 0 Å². The molecule has 18 heavy (non-hydrogen) atoms. The Morgan fingerprint density at radius 3 is 2.89 bits per heavy atom. The normalized spacial score (nSPS) is 27.1. The maximum atomic E-state index is 6.32. The maximum absolute atomic E-state index is 6.32. The van der Waals surface area contributed by atoms with Crippen LogP contribution in [0.5, 0.6) is 0 Å². The Kier molecular flexibility index (Phi) is 5.22. The first-order valence-electron chi connectivity index (χ1n) is 7.17. The summed E-state index contributed by atoms with van der Waals surface area (Å²) in [6.45, 7) is 3.44.